The van der Waals surface area contributed by atoms with Crippen LogP contribution in [0.1, 0.15) is 37.0 Å². The highest BCUT2D eigenvalue weighted by Gasteiger charge is 2.18. The Hall–Kier alpha value is -1.39. The van der Waals surface area contributed by atoms with Crippen molar-refractivity contribution in [1.82, 2.24) is 5.32 Å². The first-order valence-electron chi connectivity index (χ1n) is 6.24. The van der Waals surface area contributed by atoms with Crippen LogP contribution < -0.4 is 5.32 Å². The van der Waals surface area contributed by atoms with Gasteiger partial charge in [0.15, 0.2) is 0 Å². The molecule has 0 aliphatic rings. The summed E-state index contributed by atoms with van der Waals surface area (Å²) in [5.74, 6) is -0.831. The molecule has 0 spiro atoms. The van der Waals surface area contributed by atoms with Crippen molar-refractivity contribution in [3.05, 3.63) is 35.4 Å². The number of carboxylic acids is 1. The van der Waals surface area contributed by atoms with Crippen molar-refractivity contribution in [3.8, 4) is 0 Å². The lowest BCUT2D eigenvalue weighted by Crippen LogP contribution is -2.35. The highest BCUT2D eigenvalue weighted by atomic mass is 16.4. The average molecular weight is 251 g/mol. The van der Waals surface area contributed by atoms with E-state index in [1.807, 2.05) is 38.1 Å². The lowest BCUT2D eigenvalue weighted by molar-refractivity contribution is -0.136. The number of aliphatic hydroxyl groups is 1. The third kappa shape index (κ3) is 4.47. The van der Waals surface area contributed by atoms with E-state index in [-0.39, 0.29) is 12.5 Å². The molecule has 100 valence electrons. The molecule has 0 saturated heterocycles. The molecule has 2 unspecified atom stereocenters. The minimum absolute atomic E-state index is 0.0666. The molecule has 0 bridgehead atoms. The average Bonchev–Trinajstić information content (AvgIpc) is 2.34. The molecule has 1 aromatic rings. The topological polar surface area (TPSA) is 69.6 Å². The number of aliphatic carboxylic acids is 1. The van der Waals surface area contributed by atoms with E-state index in [4.69, 9.17) is 5.11 Å². The van der Waals surface area contributed by atoms with Gasteiger partial charge in [-0.25, -0.2) is 0 Å². The Kier molecular flexibility index (Phi) is 5.82. The number of hydrogen-bond acceptors (Lipinski definition) is 3. The fourth-order valence-corrected chi connectivity index (χ4v) is 1.84. The number of carboxylic acid groups (broad SMARTS) is 1. The normalized spacial score (nSPS) is 14.2. The number of nitrogens with one attached hydrogen (secondary N) is 1. The van der Waals surface area contributed by atoms with Crippen molar-refractivity contribution in [1.29, 1.82) is 0 Å². The second-order valence-electron chi connectivity index (χ2n) is 4.47. The molecule has 0 aliphatic heterocycles. The van der Waals surface area contributed by atoms with Crippen LogP contribution in [0.4, 0.5) is 0 Å². The summed E-state index contributed by atoms with van der Waals surface area (Å²) in [6.07, 6.45) is 0.204. The summed E-state index contributed by atoms with van der Waals surface area (Å²) in [7, 11) is 0. The summed E-state index contributed by atoms with van der Waals surface area (Å²) in [5.41, 5.74) is 2.01. The van der Waals surface area contributed by atoms with E-state index in [0.29, 0.717) is 6.54 Å². The molecular weight excluding hydrogens is 230 g/mol. The molecule has 0 heterocycles. The number of carbonyl (C=O) groups is 1. The van der Waals surface area contributed by atoms with Crippen molar-refractivity contribution < 1.29 is 15.0 Å². The molecule has 0 fully saturated rings. The van der Waals surface area contributed by atoms with Crippen LogP contribution in [0.3, 0.4) is 0 Å². The summed E-state index contributed by atoms with van der Waals surface area (Å²) in [6, 6.07) is 7.61. The Bertz CT molecular complexity index is 375. The van der Waals surface area contributed by atoms with Crippen LogP contribution >= 0.6 is 0 Å². The van der Waals surface area contributed by atoms with E-state index >= 15 is 0 Å². The molecule has 3 N–H and O–H groups in total. The number of benzene rings is 1. The lowest BCUT2D eigenvalue weighted by atomic mass is 9.99. The summed E-state index contributed by atoms with van der Waals surface area (Å²) in [5, 5.41) is 21.9. The van der Waals surface area contributed by atoms with Gasteiger partial charge in [-0.1, -0.05) is 36.8 Å². The minimum atomic E-state index is -0.831. The monoisotopic (exact) mass is 251 g/mol. The Morgan fingerprint density at radius 2 is 1.94 bits per heavy atom. The van der Waals surface area contributed by atoms with Crippen LogP contribution in [0.25, 0.3) is 0 Å². The van der Waals surface area contributed by atoms with Gasteiger partial charge in [-0.3, -0.25) is 4.79 Å². The summed E-state index contributed by atoms with van der Waals surface area (Å²) in [6.45, 7) is 4.34. The highest BCUT2D eigenvalue weighted by molar-refractivity contribution is 5.66. The molecule has 0 saturated carbocycles. The molecule has 4 heteroatoms. The number of hydrogen-bond donors (Lipinski definition) is 3. The first kappa shape index (κ1) is 14.7. The Labute approximate surface area is 108 Å². The third-order valence-electron chi connectivity index (χ3n) is 2.99. The molecule has 18 heavy (non-hydrogen) atoms. The van der Waals surface area contributed by atoms with E-state index in [1.165, 1.54) is 0 Å². The highest BCUT2D eigenvalue weighted by Crippen LogP contribution is 2.19. The number of aryl methyl sites for hydroxylation is 1. The van der Waals surface area contributed by atoms with Gasteiger partial charge in [0.1, 0.15) is 0 Å². The zero-order chi connectivity index (χ0) is 13.5. The smallest absolute Gasteiger partial charge is 0.304 e. The summed E-state index contributed by atoms with van der Waals surface area (Å²) in [4.78, 5) is 10.4. The maximum absolute atomic E-state index is 10.4. The maximum Gasteiger partial charge on any atom is 0.304 e. The Morgan fingerprint density at radius 1 is 1.33 bits per heavy atom. The third-order valence-corrected chi connectivity index (χ3v) is 2.99. The van der Waals surface area contributed by atoms with Crippen molar-refractivity contribution in [2.24, 2.45) is 0 Å². The molecule has 1 rings (SSSR count). The first-order valence-corrected chi connectivity index (χ1v) is 6.24. The van der Waals surface area contributed by atoms with Gasteiger partial charge in [-0.15, -0.1) is 0 Å². The second kappa shape index (κ2) is 7.13. The summed E-state index contributed by atoms with van der Waals surface area (Å²) < 4.78 is 0. The van der Waals surface area contributed by atoms with Crippen LogP contribution in [0.5, 0.6) is 0 Å². The largest absolute Gasteiger partial charge is 0.481 e. The second-order valence-corrected chi connectivity index (χ2v) is 4.47. The van der Waals surface area contributed by atoms with Gasteiger partial charge in [0, 0.05) is 12.6 Å². The van der Waals surface area contributed by atoms with Gasteiger partial charge >= 0.3 is 5.97 Å². The van der Waals surface area contributed by atoms with Gasteiger partial charge < -0.3 is 15.5 Å². The van der Waals surface area contributed by atoms with Gasteiger partial charge in [-0.05, 0) is 18.9 Å². The zero-order valence-corrected chi connectivity index (χ0v) is 10.9. The molecule has 2 atom stereocenters. The van der Waals surface area contributed by atoms with E-state index in [0.717, 1.165) is 17.5 Å². The van der Waals surface area contributed by atoms with Crippen molar-refractivity contribution in [3.63, 3.8) is 0 Å². The van der Waals surface area contributed by atoms with Crippen molar-refractivity contribution in [2.75, 3.05) is 6.54 Å². The Morgan fingerprint density at radius 3 is 2.44 bits per heavy atom. The fourth-order valence-electron chi connectivity index (χ4n) is 1.84. The van der Waals surface area contributed by atoms with Gasteiger partial charge in [0.2, 0.25) is 0 Å². The van der Waals surface area contributed by atoms with Crippen molar-refractivity contribution >= 4 is 5.97 Å². The standard InChI is InChI=1S/C14H21NO3/c1-3-12(15-9-8-13(16)17)14(18)11-6-4-10(2)5-7-11/h4-7,12,14-15,18H,3,8-9H2,1-2H3,(H,16,17). The SMILES string of the molecule is CCC(NCCC(=O)O)C(O)c1ccc(C)cc1. The molecule has 0 aliphatic carbocycles. The molecule has 1 aromatic carbocycles. The van der Waals surface area contributed by atoms with E-state index in [2.05, 4.69) is 5.32 Å². The maximum atomic E-state index is 10.4. The molecular formula is C14H21NO3. The van der Waals surface area contributed by atoms with Crippen molar-refractivity contribution in [2.45, 2.75) is 38.8 Å². The van der Waals surface area contributed by atoms with E-state index < -0.39 is 12.1 Å². The van der Waals surface area contributed by atoms with E-state index in [1.54, 1.807) is 0 Å². The summed E-state index contributed by atoms with van der Waals surface area (Å²) >= 11 is 0. The fraction of sp³-hybridized carbons (Fsp3) is 0.500. The van der Waals surface area contributed by atoms with Crippen LogP contribution in [-0.4, -0.2) is 28.8 Å². The van der Waals surface area contributed by atoms with Gasteiger partial charge in [0.05, 0.1) is 12.5 Å². The molecule has 4 nitrogen and oxygen atoms in total. The predicted octanol–water partition coefficient (Wildman–Crippen LogP) is 1.87. The molecule has 0 aromatic heterocycles. The van der Waals surface area contributed by atoms with Crippen LogP contribution in [0.15, 0.2) is 24.3 Å². The molecule has 0 radical (unpaired) electrons. The van der Waals surface area contributed by atoms with Gasteiger partial charge in [0.25, 0.3) is 0 Å². The minimum Gasteiger partial charge on any atom is -0.481 e. The first-order chi connectivity index (χ1) is 8.54. The number of rotatable bonds is 7. The number of aliphatic hydroxyl groups excluding tert-OH is 1. The van der Waals surface area contributed by atoms with E-state index in [9.17, 15) is 9.90 Å². The van der Waals surface area contributed by atoms with Crippen LogP contribution in [0.2, 0.25) is 0 Å². The predicted molar refractivity (Wildman–Crippen MR) is 70.5 cm³/mol. The van der Waals surface area contributed by atoms with Crippen LogP contribution in [0, 0.1) is 6.92 Å². The Balaban J connectivity index is 2.58. The lowest BCUT2D eigenvalue weighted by Gasteiger charge is -2.23. The van der Waals surface area contributed by atoms with Gasteiger partial charge in [-0.2, -0.15) is 0 Å². The molecule has 0 amide bonds. The zero-order valence-electron chi connectivity index (χ0n) is 10.9. The van der Waals surface area contributed by atoms with Crippen LogP contribution in [-0.2, 0) is 4.79 Å². The quantitative estimate of drug-likeness (QED) is 0.692.